The van der Waals surface area contributed by atoms with E-state index in [0.29, 0.717) is 17.4 Å². The molecule has 3 rings (SSSR count). The number of amides is 1. The van der Waals surface area contributed by atoms with Crippen LogP contribution in [-0.4, -0.2) is 29.0 Å². The summed E-state index contributed by atoms with van der Waals surface area (Å²) in [7, 11) is 1.60. The lowest BCUT2D eigenvalue weighted by atomic mass is 10.1. The minimum absolute atomic E-state index is 0.279. The molecule has 0 saturated heterocycles. The molecule has 0 unspecified atom stereocenters. The number of benzene rings is 1. The summed E-state index contributed by atoms with van der Waals surface area (Å²) in [6, 6.07) is 7.61. The molecule has 0 aliphatic heterocycles. The number of carbonyl (C=O) groups excluding carboxylic acids is 1. The average Bonchev–Trinajstić information content (AvgIpc) is 2.91. The molecule has 2 aromatic rings. The summed E-state index contributed by atoms with van der Waals surface area (Å²) in [4.78, 5) is 20.8. The molecule has 1 aliphatic rings. The van der Waals surface area contributed by atoms with Crippen LogP contribution < -0.4 is 15.4 Å². The lowest BCUT2D eigenvalue weighted by Gasteiger charge is -2.16. The number of ether oxygens (including phenoxy) is 1. The van der Waals surface area contributed by atoms with Gasteiger partial charge >= 0.3 is 0 Å². The van der Waals surface area contributed by atoms with Crippen molar-refractivity contribution in [3.8, 4) is 5.75 Å². The topological polar surface area (TPSA) is 76.1 Å². The van der Waals surface area contributed by atoms with Gasteiger partial charge in [0.1, 0.15) is 17.3 Å². The van der Waals surface area contributed by atoms with E-state index in [1.807, 2.05) is 0 Å². The number of nitrogens with one attached hydrogen (secondary N) is 2. The Morgan fingerprint density at radius 3 is 2.36 bits per heavy atom. The highest BCUT2D eigenvalue weighted by Crippen LogP contribution is 2.20. The second-order valence-electron chi connectivity index (χ2n) is 6.30. The van der Waals surface area contributed by atoms with Crippen LogP contribution in [0, 0.1) is 0 Å². The normalized spacial score (nSPS) is 15.2. The highest BCUT2D eigenvalue weighted by Gasteiger charge is 2.13. The minimum Gasteiger partial charge on any atom is -0.497 e. The summed E-state index contributed by atoms with van der Waals surface area (Å²) in [6.45, 7) is 0. The van der Waals surface area contributed by atoms with Crippen LogP contribution in [0.15, 0.2) is 36.7 Å². The molecule has 1 amide bonds. The molecule has 2 N–H and O–H groups in total. The second-order valence-corrected chi connectivity index (χ2v) is 6.30. The maximum absolute atomic E-state index is 12.3. The zero-order valence-corrected chi connectivity index (χ0v) is 14.5. The maximum atomic E-state index is 12.3. The first-order valence-electron chi connectivity index (χ1n) is 8.78. The van der Waals surface area contributed by atoms with E-state index >= 15 is 0 Å². The SMILES string of the molecule is COc1ccc(NC(=O)c2cnc(NC3CCCCCC3)cn2)cc1. The summed E-state index contributed by atoms with van der Waals surface area (Å²) in [6.07, 6.45) is 10.6. The van der Waals surface area contributed by atoms with Gasteiger partial charge in [-0.15, -0.1) is 0 Å². The van der Waals surface area contributed by atoms with Gasteiger partial charge in [0.05, 0.1) is 19.5 Å². The summed E-state index contributed by atoms with van der Waals surface area (Å²) in [5.41, 5.74) is 0.982. The third-order valence-electron chi connectivity index (χ3n) is 4.44. The van der Waals surface area contributed by atoms with E-state index in [-0.39, 0.29) is 5.91 Å². The van der Waals surface area contributed by atoms with Crippen molar-refractivity contribution in [2.75, 3.05) is 17.7 Å². The Hall–Kier alpha value is -2.63. The standard InChI is InChI=1S/C19H24N4O2/c1-25-16-10-8-15(9-11-16)23-19(24)17-12-21-18(13-20-17)22-14-6-4-2-3-5-7-14/h8-14H,2-7H2,1H3,(H,21,22)(H,23,24). The number of methoxy groups -OCH3 is 1. The average molecular weight is 340 g/mol. The first-order valence-corrected chi connectivity index (χ1v) is 8.78. The van der Waals surface area contributed by atoms with Crippen LogP contribution in [0.5, 0.6) is 5.75 Å². The smallest absolute Gasteiger partial charge is 0.275 e. The molecule has 0 radical (unpaired) electrons. The monoisotopic (exact) mass is 340 g/mol. The Balaban J connectivity index is 1.57. The second kappa shape index (κ2) is 8.46. The van der Waals surface area contributed by atoms with Crippen LogP contribution in [-0.2, 0) is 0 Å². The fourth-order valence-electron chi connectivity index (χ4n) is 3.02. The predicted molar refractivity (Wildman–Crippen MR) is 98.1 cm³/mol. The van der Waals surface area contributed by atoms with Gasteiger partial charge in [0.15, 0.2) is 0 Å². The molecule has 25 heavy (non-hydrogen) atoms. The zero-order chi connectivity index (χ0) is 17.5. The molecule has 1 heterocycles. The maximum Gasteiger partial charge on any atom is 0.275 e. The van der Waals surface area contributed by atoms with E-state index in [0.717, 1.165) is 11.6 Å². The molecular weight excluding hydrogens is 316 g/mol. The predicted octanol–water partition coefficient (Wildman–Crippen LogP) is 3.87. The number of carbonyl (C=O) groups is 1. The zero-order valence-electron chi connectivity index (χ0n) is 14.5. The molecule has 1 aromatic carbocycles. The Morgan fingerprint density at radius 2 is 1.76 bits per heavy atom. The van der Waals surface area contributed by atoms with Crippen molar-refractivity contribution in [2.45, 2.75) is 44.6 Å². The van der Waals surface area contributed by atoms with Gasteiger partial charge in [-0.05, 0) is 37.1 Å². The molecule has 0 bridgehead atoms. The van der Waals surface area contributed by atoms with E-state index in [2.05, 4.69) is 20.6 Å². The quantitative estimate of drug-likeness (QED) is 0.808. The summed E-state index contributed by atoms with van der Waals surface area (Å²) in [5.74, 6) is 1.19. The van der Waals surface area contributed by atoms with Crippen LogP contribution in [0.25, 0.3) is 0 Å². The Labute approximate surface area is 148 Å². The summed E-state index contributed by atoms with van der Waals surface area (Å²) in [5, 5.41) is 6.23. The van der Waals surface area contributed by atoms with Crippen molar-refractivity contribution in [3.63, 3.8) is 0 Å². The van der Waals surface area contributed by atoms with Gasteiger partial charge in [-0.2, -0.15) is 0 Å². The van der Waals surface area contributed by atoms with Gasteiger partial charge in [0.25, 0.3) is 5.91 Å². The molecule has 6 heteroatoms. The van der Waals surface area contributed by atoms with Gasteiger partial charge < -0.3 is 15.4 Å². The van der Waals surface area contributed by atoms with Gasteiger partial charge in [-0.1, -0.05) is 25.7 Å². The van der Waals surface area contributed by atoms with Gasteiger partial charge in [-0.25, -0.2) is 9.97 Å². The number of nitrogens with zero attached hydrogens (tertiary/aromatic N) is 2. The van der Waals surface area contributed by atoms with E-state index < -0.39 is 0 Å². The van der Waals surface area contributed by atoms with Crippen molar-refractivity contribution in [3.05, 3.63) is 42.4 Å². The van der Waals surface area contributed by atoms with E-state index in [1.165, 1.54) is 44.7 Å². The van der Waals surface area contributed by atoms with Gasteiger partial charge in [0, 0.05) is 11.7 Å². The third kappa shape index (κ3) is 4.92. The van der Waals surface area contributed by atoms with Gasteiger partial charge in [-0.3, -0.25) is 4.79 Å². The fourth-order valence-corrected chi connectivity index (χ4v) is 3.02. The van der Waals surface area contributed by atoms with Crippen LogP contribution in [0.1, 0.15) is 49.0 Å². The number of hydrogen-bond acceptors (Lipinski definition) is 5. The highest BCUT2D eigenvalue weighted by molar-refractivity contribution is 6.02. The molecule has 0 spiro atoms. The molecule has 132 valence electrons. The fraction of sp³-hybridized carbons (Fsp3) is 0.421. The van der Waals surface area contributed by atoms with Crippen LogP contribution in [0.2, 0.25) is 0 Å². The molecule has 0 atom stereocenters. The Kier molecular flexibility index (Phi) is 5.82. The number of aromatic nitrogens is 2. The Bertz CT molecular complexity index is 678. The van der Waals surface area contributed by atoms with Crippen molar-refractivity contribution >= 4 is 17.4 Å². The molecule has 6 nitrogen and oxygen atoms in total. The number of rotatable bonds is 5. The van der Waals surface area contributed by atoms with Crippen molar-refractivity contribution in [2.24, 2.45) is 0 Å². The van der Waals surface area contributed by atoms with E-state index in [4.69, 9.17) is 4.74 Å². The molecule has 1 aromatic heterocycles. The van der Waals surface area contributed by atoms with Crippen LogP contribution in [0.4, 0.5) is 11.5 Å². The van der Waals surface area contributed by atoms with Crippen molar-refractivity contribution in [1.29, 1.82) is 0 Å². The molecule has 1 fully saturated rings. The van der Waals surface area contributed by atoms with Crippen LogP contribution >= 0.6 is 0 Å². The summed E-state index contributed by atoms with van der Waals surface area (Å²) >= 11 is 0. The first-order chi connectivity index (χ1) is 12.2. The largest absolute Gasteiger partial charge is 0.497 e. The highest BCUT2D eigenvalue weighted by atomic mass is 16.5. The molecular formula is C19H24N4O2. The molecule has 1 saturated carbocycles. The molecule has 1 aliphatic carbocycles. The van der Waals surface area contributed by atoms with E-state index in [1.54, 1.807) is 37.6 Å². The third-order valence-corrected chi connectivity index (χ3v) is 4.44. The first kappa shape index (κ1) is 17.2. The van der Waals surface area contributed by atoms with Gasteiger partial charge in [0.2, 0.25) is 0 Å². The minimum atomic E-state index is -0.279. The number of anilines is 2. The van der Waals surface area contributed by atoms with E-state index in [9.17, 15) is 4.79 Å². The Morgan fingerprint density at radius 1 is 1.04 bits per heavy atom. The number of hydrogen-bond donors (Lipinski definition) is 2. The van der Waals surface area contributed by atoms with Crippen molar-refractivity contribution in [1.82, 2.24) is 9.97 Å². The van der Waals surface area contributed by atoms with Crippen LogP contribution in [0.3, 0.4) is 0 Å². The summed E-state index contributed by atoms with van der Waals surface area (Å²) < 4.78 is 5.10. The van der Waals surface area contributed by atoms with Crippen molar-refractivity contribution < 1.29 is 9.53 Å². The lowest BCUT2D eigenvalue weighted by Crippen LogP contribution is -2.20. The lowest BCUT2D eigenvalue weighted by molar-refractivity contribution is 0.102.